The van der Waals surface area contributed by atoms with Crippen molar-refractivity contribution in [2.75, 3.05) is 11.9 Å². The number of hydrogen-bond donors (Lipinski definition) is 1. The summed E-state index contributed by atoms with van der Waals surface area (Å²) in [5.74, 6) is 0. The van der Waals surface area contributed by atoms with Crippen LogP contribution in [-0.4, -0.2) is 16.8 Å². The fraction of sp³-hybridized carbons (Fsp3) is 0.308. The molecule has 0 spiro atoms. The summed E-state index contributed by atoms with van der Waals surface area (Å²) in [5, 5.41) is 4.37. The molecule has 0 fully saturated rings. The number of hydrogen-bond acceptors (Lipinski definition) is 3. The standard InChI is InChI=1S/C13H18N4/c1-16(10-12-6-7-17(2)15-12)13-5-3-4-11(8-13)9-14/h3-8H,9-10,14H2,1-2H3. The van der Waals surface area contributed by atoms with Crippen molar-refractivity contribution >= 4 is 5.69 Å². The molecule has 2 aromatic rings. The third-order valence-corrected chi connectivity index (χ3v) is 2.76. The smallest absolute Gasteiger partial charge is 0.0817 e. The summed E-state index contributed by atoms with van der Waals surface area (Å²) in [6.45, 7) is 1.38. The lowest BCUT2D eigenvalue weighted by atomic mass is 10.2. The molecular formula is C13H18N4. The van der Waals surface area contributed by atoms with Gasteiger partial charge in [0.15, 0.2) is 0 Å². The largest absolute Gasteiger partial charge is 0.369 e. The summed E-state index contributed by atoms with van der Waals surface area (Å²) < 4.78 is 1.82. The number of benzene rings is 1. The summed E-state index contributed by atoms with van der Waals surface area (Å²) in [6, 6.07) is 10.3. The molecule has 0 atom stereocenters. The van der Waals surface area contributed by atoms with Crippen molar-refractivity contribution in [1.82, 2.24) is 9.78 Å². The highest BCUT2D eigenvalue weighted by atomic mass is 15.3. The first kappa shape index (κ1) is 11.7. The average Bonchev–Trinajstić information content (AvgIpc) is 2.75. The van der Waals surface area contributed by atoms with E-state index in [-0.39, 0.29) is 0 Å². The molecule has 1 aromatic carbocycles. The maximum absolute atomic E-state index is 5.64. The topological polar surface area (TPSA) is 47.1 Å². The van der Waals surface area contributed by atoms with Gasteiger partial charge < -0.3 is 10.6 Å². The van der Waals surface area contributed by atoms with Gasteiger partial charge in [-0.2, -0.15) is 5.10 Å². The fourth-order valence-electron chi connectivity index (χ4n) is 1.80. The van der Waals surface area contributed by atoms with Crippen molar-refractivity contribution in [3.05, 3.63) is 47.8 Å². The van der Waals surface area contributed by atoms with Crippen LogP contribution < -0.4 is 10.6 Å². The second kappa shape index (κ2) is 5.01. The van der Waals surface area contributed by atoms with Crippen LogP contribution in [-0.2, 0) is 20.1 Å². The van der Waals surface area contributed by atoms with E-state index < -0.39 is 0 Å². The molecule has 4 heteroatoms. The molecule has 2 rings (SSSR count). The fourth-order valence-corrected chi connectivity index (χ4v) is 1.80. The van der Waals surface area contributed by atoms with Gasteiger partial charge in [0.25, 0.3) is 0 Å². The Hall–Kier alpha value is -1.81. The Labute approximate surface area is 102 Å². The summed E-state index contributed by atoms with van der Waals surface area (Å²) in [4.78, 5) is 2.17. The zero-order chi connectivity index (χ0) is 12.3. The molecule has 0 aliphatic carbocycles. The first-order chi connectivity index (χ1) is 8.19. The van der Waals surface area contributed by atoms with Crippen molar-refractivity contribution in [2.24, 2.45) is 12.8 Å². The van der Waals surface area contributed by atoms with Crippen LogP contribution in [0.25, 0.3) is 0 Å². The number of nitrogens with zero attached hydrogens (tertiary/aromatic N) is 3. The van der Waals surface area contributed by atoms with Gasteiger partial charge in [0.05, 0.1) is 12.2 Å². The van der Waals surface area contributed by atoms with Crippen LogP contribution in [0.1, 0.15) is 11.3 Å². The summed E-state index contributed by atoms with van der Waals surface area (Å²) in [6.07, 6.45) is 1.96. The normalized spacial score (nSPS) is 10.5. The molecule has 0 saturated carbocycles. The quantitative estimate of drug-likeness (QED) is 0.866. The first-order valence-corrected chi connectivity index (χ1v) is 5.67. The molecule has 90 valence electrons. The van der Waals surface area contributed by atoms with Gasteiger partial charge in [-0.05, 0) is 23.8 Å². The average molecular weight is 230 g/mol. The molecule has 0 amide bonds. The van der Waals surface area contributed by atoms with Crippen molar-refractivity contribution < 1.29 is 0 Å². The van der Waals surface area contributed by atoms with Crippen LogP contribution in [0, 0.1) is 0 Å². The Balaban J connectivity index is 2.11. The predicted octanol–water partition coefficient (Wildman–Crippen LogP) is 1.52. The Morgan fingerprint density at radius 3 is 2.82 bits per heavy atom. The van der Waals surface area contributed by atoms with Crippen molar-refractivity contribution in [3.63, 3.8) is 0 Å². The van der Waals surface area contributed by atoms with Gasteiger partial charge in [-0.3, -0.25) is 4.68 Å². The Kier molecular flexibility index (Phi) is 3.44. The van der Waals surface area contributed by atoms with Gasteiger partial charge in [0.2, 0.25) is 0 Å². The summed E-state index contributed by atoms with van der Waals surface area (Å²) in [5.41, 5.74) is 9.02. The second-order valence-corrected chi connectivity index (χ2v) is 4.21. The minimum atomic E-state index is 0.575. The zero-order valence-corrected chi connectivity index (χ0v) is 10.3. The molecular weight excluding hydrogens is 212 g/mol. The molecule has 0 aliphatic heterocycles. The highest BCUT2D eigenvalue weighted by molar-refractivity contribution is 5.48. The number of anilines is 1. The number of aryl methyl sites for hydroxylation is 1. The molecule has 0 unspecified atom stereocenters. The summed E-state index contributed by atoms with van der Waals surface area (Å²) >= 11 is 0. The van der Waals surface area contributed by atoms with Gasteiger partial charge in [0.1, 0.15) is 0 Å². The number of nitrogens with two attached hydrogens (primary N) is 1. The Morgan fingerprint density at radius 1 is 1.35 bits per heavy atom. The first-order valence-electron chi connectivity index (χ1n) is 5.67. The van der Waals surface area contributed by atoms with Gasteiger partial charge in [-0.25, -0.2) is 0 Å². The predicted molar refractivity (Wildman–Crippen MR) is 69.6 cm³/mol. The van der Waals surface area contributed by atoms with E-state index in [4.69, 9.17) is 5.73 Å². The van der Waals surface area contributed by atoms with E-state index in [9.17, 15) is 0 Å². The third kappa shape index (κ3) is 2.85. The monoisotopic (exact) mass is 230 g/mol. The van der Waals surface area contributed by atoms with Crippen LogP contribution in [0.2, 0.25) is 0 Å². The molecule has 1 aromatic heterocycles. The minimum absolute atomic E-state index is 0.575. The lowest BCUT2D eigenvalue weighted by Gasteiger charge is -2.18. The van der Waals surface area contributed by atoms with Crippen LogP contribution >= 0.6 is 0 Å². The molecule has 17 heavy (non-hydrogen) atoms. The highest BCUT2D eigenvalue weighted by Gasteiger charge is 2.04. The summed E-state index contributed by atoms with van der Waals surface area (Å²) in [7, 11) is 3.99. The molecule has 0 bridgehead atoms. The number of rotatable bonds is 4. The maximum atomic E-state index is 5.64. The Bertz CT molecular complexity index is 490. The number of aromatic nitrogens is 2. The van der Waals surface area contributed by atoms with Crippen molar-refractivity contribution in [1.29, 1.82) is 0 Å². The van der Waals surface area contributed by atoms with Crippen LogP contribution in [0.5, 0.6) is 0 Å². The van der Waals surface area contributed by atoms with E-state index in [0.29, 0.717) is 6.54 Å². The van der Waals surface area contributed by atoms with E-state index in [1.165, 1.54) is 5.69 Å². The second-order valence-electron chi connectivity index (χ2n) is 4.21. The van der Waals surface area contributed by atoms with Gasteiger partial charge in [0, 0.05) is 32.5 Å². The highest BCUT2D eigenvalue weighted by Crippen LogP contribution is 2.16. The van der Waals surface area contributed by atoms with Crippen LogP contribution in [0.3, 0.4) is 0 Å². The van der Waals surface area contributed by atoms with Gasteiger partial charge in [-0.1, -0.05) is 12.1 Å². The Morgan fingerprint density at radius 2 is 2.18 bits per heavy atom. The van der Waals surface area contributed by atoms with E-state index in [2.05, 4.69) is 29.2 Å². The molecule has 0 aliphatic rings. The minimum Gasteiger partial charge on any atom is -0.369 e. The lowest BCUT2D eigenvalue weighted by molar-refractivity contribution is 0.734. The van der Waals surface area contributed by atoms with Crippen molar-refractivity contribution in [2.45, 2.75) is 13.1 Å². The van der Waals surface area contributed by atoms with Crippen molar-refractivity contribution in [3.8, 4) is 0 Å². The van der Waals surface area contributed by atoms with E-state index >= 15 is 0 Å². The van der Waals surface area contributed by atoms with Crippen LogP contribution in [0.15, 0.2) is 36.5 Å². The molecule has 4 nitrogen and oxygen atoms in total. The van der Waals surface area contributed by atoms with E-state index in [0.717, 1.165) is 17.8 Å². The lowest BCUT2D eigenvalue weighted by Crippen LogP contribution is -2.17. The molecule has 0 radical (unpaired) electrons. The van der Waals surface area contributed by atoms with Gasteiger partial charge in [-0.15, -0.1) is 0 Å². The van der Waals surface area contributed by atoms with E-state index in [1.54, 1.807) is 0 Å². The van der Waals surface area contributed by atoms with E-state index in [1.807, 2.05) is 36.1 Å². The molecule has 2 N–H and O–H groups in total. The third-order valence-electron chi connectivity index (χ3n) is 2.76. The van der Waals surface area contributed by atoms with Gasteiger partial charge >= 0.3 is 0 Å². The van der Waals surface area contributed by atoms with Crippen LogP contribution in [0.4, 0.5) is 5.69 Å². The molecule has 1 heterocycles. The zero-order valence-electron chi connectivity index (χ0n) is 10.3. The molecule has 0 saturated heterocycles. The maximum Gasteiger partial charge on any atom is 0.0817 e. The SMILES string of the molecule is CN(Cc1ccn(C)n1)c1cccc(CN)c1.